The molecule has 0 aliphatic rings. The van der Waals surface area contributed by atoms with Crippen molar-refractivity contribution < 1.29 is 0 Å². The number of hydrogen-bond donors (Lipinski definition) is 0. The number of imidazole rings is 2. The normalized spacial score (nSPS) is 12.9. The van der Waals surface area contributed by atoms with Gasteiger partial charge in [-0.3, -0.25) is 18.3 Å². The average molecular weight is 400 g/mol. The summed E-state index contributed by atoms with van der Waals surface area (Å²) in [6.07, 6.45) is 2.84. The van der Waals surface area contributed by atoms with Crippen LogP contribution in [0.1, 0.15) is 37.6 Å². The minimum absolute atomic E-state index is 0.111. The van der Waals surface area contributed by atoms with E-state index in [0.717, 1.165) is 17.7 Å². The molecule has 0 fully saturated rings. The highest BCUT2D eigenvalue weighted by molar-refractivity contribution is 6.31. The minimum atomic E-state index is -0.412. The van der Waals surface area contributed by atoms with Gasteiger partial charge < -0.3 is 4.57 Å². The minimum Gasteiger partial charge on any atom is -0.311 e. The van der Waals surface area contributed by atoms with E-state index in [1.54, 1.807) is 17.5 Å². The smallest absolute Gasteiger partial charge is 0.311 e. The molecule has 7 nitrogen and oxygen atoms in total. The number of nitrogens with zero attached hydrogens (tertiary/aromatic N) is 5. The summed E-state index contributed by atoms with van der Waals surface area (Å²) in [6, 6.07) is 7.45. The number of rotatable bonds is 4. The van der Waals surface area contributed by atoms with Gasteiger partial charge in [0.05, 0.1) is 6.54 Å². The maximum Gasteiger partial charge on any atom is 0.332 e. The molecule has 0 bridgehead atoms. The van der Waals surface area contributed by atoms with E-state index in [1.807, 2.05) is 31.3 Å². The van der Waals surface area contributed by atoms with Crippen LogP contribution in [0.4, 0.5) is 0 Å². The Kier molecular flexibility index (Phi) is 4.42. The van der Waals surface area contributed by atoms with E-state index >= 15 is 0 Å². The van der Waals surface area contributed by atoms with Crippen molar-refractivity contribution in [1.82, 2.24) is 23.1 Å². The van der Waals surface area contributed by atoms with Crippen LogP contribution >= 0.6 is 11.6 Å². The summed E-state index contributed by atoms with van der Waals surface area (Å²) in [7, 11) is 1.64. The molecule has 1 aromatic carbocycles. The lowest BCUT2D eigenvalue weighted by atomic mass is 10.2. The summed E-state index contributed by atoms with van der Waals surface area (Å²) in [4.78, 5) is 30.8. The molecule has 0 amide bonds. The van der Waals surface area contributed by atoms with Crippen LogP contribution in [0.2, 0.25) is 5.02 Å². The molecule has 0 radical (unpaired) electrons. The van der Waals surface area contributed by atoms with Crippen molar-refractivity contribution in [3.63, 3.8) is 0 Å². The predicted molar refractivity (Wildman–Crippen MR) is 110 cm³/mol. The van der Waals surface area contributed by atoms with Crippen molar-refractivity contribution in [3.8, 4) is 0 Å². The molecular weight excluding hydrogens is 378 g/mol. The summed E-state index contributed by atoms with van der Waals surface area (Å²) >= 11 is 6.24. The van der Waals surface area contributed by atoms with Crippen molar-refractivity contribution in [1.29, 1.82) is 0 Å². The van der Waals surface area contributed by atoms with Gasteiger partial charge in [0.1, 0.15) is 0 Å². The SMILES string of the molecule is CC[C@@H](C)n1c(C)cn2c3c(=O)n(Cc4ccccc4Cl)c(=O)n(C)c3nc12. The molecule has 0 unspecified atom stereocenters. The Labute approximate surface area is 166 Å². The second-order valence-electron chi connectivity index (χ2n) is 7.18. The van der Waals surface area contributed by atoms with E-state index in [4.69, 9.17) is 11.6 Å². The summed E-state index contributed by atoms with van der Waals surface area (Å²) < 4.78 is 6.54. The lowest BCUT2D eigenvalue weighted by molar-refractivity contribution is 0.532. The zero-order chi connectivity index (χ0) is 20.2. The van der Waals surface area contributed by atoms with Gasteiger partial charge in [0.2, 0.25) is 5.78 Å². The molecule has 4 rings (SSSR count). The molecule has 0 N–H and O–H groups in total. The van der Waals surface area contributed by atoms with Crippen molar-refractivity contribution in [3.05, 3.63) is 67.6 Å². The van der Waals surface area contributed by atoms with Crippen molar-refractivity contribution >= 4 is 28.5 Å². The first-order valence-corrected chi connectivity index (χ1v) is 9.65. The van der Waals surface area contributed by atoms with Crippen LogP contribution in [0.25, 0.3) is 16.9 Å². The zero-order valence-corrected chi connectivity index (χ0v) is 17.1. The lowest BCUT2D eigenvalue weighted by Crippen LogP contribution is -2.39. The number of fused-ring (bicyclic) bond motifs is 3. The third-order valence-electron chi connectivity index (χ3n) is 5.39. The fraction of sp³-hybridized carbons (Fsp3) is 0.350. The molecule has 0 spiro atoms. The highest BCUT2D eigenvalue weighted by Crippen LogP contribution is 2.22. The zero-order valence-electron chi connectivity index (χ0n) is 16.3. The molecular formula is C20H22ClN5O2. The standard InChI is InChI=1S/C20H22ClN5O2/c1-5-12(2)26-13(3)10-24-16-17(22-19(24)26)23(4)20(28)25(18(16)27)11-14-8-6-7-9-15(14)21/h6-10,12H,5,11H2,1-4H3/t12-/m1/s1. The third-order valence-corrected chi connectivity index (χ3v) is 5.76. The van der Waals surface area contributed by atoms with Crippen LogP contribution in [0.3, 0.4) is 0 Å². The van der Waals surface area contributed by atoms with Crippen LogP contribution in [-0.2, 0) is 13.6 Å². The number of aromatic nitrogens is 5. The van der Waals surface area contributed by atoms with Gasteiger partial charge in [0.15, 0.2) is 11.2 Å². The monoisotopic (exact) mass is 399 g/mol. The first-order chi connectivity index (χ1) is 13.3. The van der Waals surface area contributed by atoms with Crippen LogP contribution < -0.4 is 11.2 Å². The Balaban J connectivity index is 2.04. The molecule has 0 aliphatic heterocycles. The molecule has 28 heavy (non-hydrogen) atoms. The fourth-order valence-electron chi connectivity index (χ4n) is 3.69. The van der Waals surface area contributed by atoms with Gasteiger partial charge in [-0.25, -0.2) is 4.79 Å². The Morgan fingerprint density at radius 2 is 1.93 bits per heavy atom. The number of hydrogen-bond acceptors (Lipinski definition) is 3. The Hall–Kier alpha value is -2.80. The highest BCUT2D eigenvalue weighted by atomic mass is 35.5. The van der Waals surface area contributed by atoms with E-state index in [2.05, 4.69) is 23.4 Å². The fourth-order valence-corrected chi connectivity index (χ4v) is 3.89. The summed E-state index contributed by atoms with van der Waals surface area (Å²) in [5.74, 6) is 0.671. The topological polar surface area (TPSA) is 66.2 Å². The Bertz CT molecular complexity index is 1320. The molecule has 0 saturated carbocycles. The number of aryl methyl sites for hydroxylation is 2. The number of halogens is 1. The molecule has 146 valence electrons. The molecule has 8 heteroatoms. The lowest BCUT2D eigenvalue weighted by Gasteiger charge is -2.12. The van der Waals surface area contributed by atoms with Crippen LogP contribution in [0.15, 0.2) is 40.1 Å². The quantitative estimate of drug-likeness (QED) is 0.529. The number of benzene rings is 1. The van der Waals surface area contributed by atoms with Gasteiger partial charge in [0.25, 0.3) is 5.56 Å². The van der Waals surface area contributed by atoms with E-state index in [0.29, 0.717) is 22.0 Å². The average Bonchev–Trinajstić information content (AvgIpc) is 3.18. The summed E-state index contributed by atoms with van der Waals surface area (Å²) in [5.41, 5.74) is 1.74. The Morgan fingerprint density at radius 1 is 1.21 bits per heavy atom. The van der Waals surface area contributed by atoms with Gasteiger partial charge in [-0.15, -0.1) is 0 Å². The van der Waals surface area contributed by atoms with Crippen molar-refractivity contribution in [2.24, 2.45) is 7.05 Å². The first kappa shape index (κ1) is 18.6. The van der Waals surface area contributed by atoms with Gasteiger partial charge in [-0.2, -0.15) is 4.98 Å². The summed E-state index contributed by atoms with van der Waals surface area (Å²) in [5, 5.41) is 0.522. The molecule has 3 heterocycles. The first-order valence-electron chi connectivity index (χ1n) is 9.28. The summed E-state index contributed by atoms with van der Waals surface area (Å²) in [6.45, 7) is 6.33. The van der Waals surface area contributed by atoms with Gasteiger partial charge in [-0.05, 0) is 31.9 Å². The van der Waals surface area contributed by atoms with Crippen molar-refractivity contribution in [2.45, 2.75) is 39.8 Å². The third kappa shape index (κ3) is 2.61. The largest absolute Gasteiger partial charge is 0.332 e. The predicted octanol–water partition coefficient (Wildman–Crippen LogP) is 3.13. The van der Waals surface area contributed by atoms with E-state index < -0.39 is 5.69 Å². The van der Waals surface area contributed by atoms with Crippen LogP contribution in [-0.4, -0.2) is 23.1 Å². The van der Waals surface area contributed by atoms with Gasteiger partial charge in [0, 0.05) is 30.0 Å². The van der Waals surface area contributed by atoms with E-state index in [9.17, 15) is 9.59 Å². The highest BCUT2D eigenvalue weighted by Gasteiger charge is 2.21. The van der Waals surface area contributed by atoms with Crippen LogP contribution in [0, 0.1) is 6.92 Å². The van der Waals surface area contributed by atoms with Crippen LogP contribution in [0.5, 0.6) is 0 Å². The molecule has 3 aromatic heterocycles. The van der Waals surface area contributed by atoms with E-state index in [-0.39, 0.29) is 18.1 Å². The maximum absolute atomic E-state index is 13.3. The van der Waals surface area contributed by atoms with Crippen molar-refractivity contribution in [2.75, 3.05) is 0 Å². The second kappa shape index (κ2) is 6.67. The second-order valence-corrected chi connectivity index (χ2v) is 7.58. The Morgan fingerprint density at radius 3 is 2.61 bits per heavy atom. The molecule has 0 saturated heterocycles. The molecule has 1 atom stereocenters. The molecule has 0 aliphatic carbocycles. The van der Waals surface area contributed by atoms with Gasteiger partial charge >= 0.3 is 5.69 Å². The maximum atomic E-state index is 13.3. The molecule has 4 aromatic rings. The van der Waals surface area contributed by atoms with Gasteiger partial charge in [-0.1, -0.05) is 36.7 Å². The van der Waals surface area contributed by atoms with E-state index in [1.165, 1.54) is 9.13 Å².